The van der Waals surface area contributed by atoms with Crippen molar-refractivity contribution in [2.75, 3.05) is 25.0 Å². The number of piperidine rings is 1. The number of H-pyrrole nitrogens is 1. The molecule has 0 unspecified atom stereocenters. The molecule has 2 heterocycles. The van der Waals surface area contributed by atoms with E-state index in [9.17, 15) is 9.59 Å². The van der Waals surface area contributed by atoms with Gasteiger partial charge in [0.05, 0.1) is 6.54 Å². The molecule has 0 radical (unpaired) electrons. The van der Waals surface area contributed by atoms with Gasteiger partial charge in [0.2, 0.25) is 11.5 Å². The Morgan fingerprint density at radius 3 is 2.57 bits per heavy atom. The number of fused-ring (bicyclic) bond motifs is 1. The molecule has 0 saturated carbocycles. The van der Waals surface area contributed by atoms with Crippen molar-refractivity contribution in [1.29, 1.82) is 0 Å². The van der Waals surface area contributed by atoms with Crippen molar-refractivity contribution in [3.8, 4) is 0 Å². The molecule has 1 aliphatic rings. The third-order valence-corrected chi connectivity index (χ3v) is 5.96. The Bertz CT molecular complexity index is 1020. The second-order valence-corrected chi connectivity index (χ2v) is 8.17. The summed E-state index contributed by atoms with van der Waals surface area (Å²) in [5.41, 5.74) is 1.52. The highest BCUT2D eigenvalue weighted by Crippen LogP contribution is 2.32. The zero-order valence-corrected chi connectivity index (χ0v) is 16.4. The Morgan fingerprint density at radius 1 is 1.04 bits per heavy atom. The van der Waals surface area contributed by atoms with Gasteiger partial charge in [0.25, 0.3) is 0 Å². The van der Waals surface area contributed by atoms with E-state index in [4.69, 9.17) is 0 Å². The molecule has 6 heteroatoms. The molecule has 1 saturated heterocycles. The van der Waals surface area contributed by atoms with Crippen LogP contribution in [0.2, 0.25) is 0 Å². The number of para-hydroxylation sites is 1. The van der Waals surface area contributed by atoms with Crippen molar-refractivity contribution in [3.63, 3.8) is 0 Å². The lowest BCUT2D eigenvalue weighted by molar-refractivity contribution is -0.117. The molecular formula is C22H23N3O2S. The van der Waals surface area contributed by atoms with Crippen molar-refractivity contribution >= 4 is 34.3 Å². The molecule has 28 heavy (non-hydrogen) atoms. The Morgan fingerprint density at radius 2 is 1.79 bits per heavy atom. The number of nitrogens with one attached hydrogen (secondary N) is 2. The van der Waals surface area contributed by atoms with Gasteiger partial charge in [-0.1, -0.05) is 36.4 Å². The number of anilines is 1. The van der Waals surface area contributed by atoms with E-state index in [0.29, 0.717) is 6.54 Å². The smallest absolute Gasteiger partial charge is 0.249 e. The van der Waals surface area contributed by atoms with Gasteiger partial charge in [-0.3, -0.25) is 14.5 Å². The van der Waals surface area contributed by atoms with Gasteiger partial charge in [-0.05, 0) is 56.3 Å². The molecule has 144 valence electrons. The fourth-order valence-corrected chi connectivity index (χ4v) is 4.49. The first kappa shape index (κ1) is 18.8. The molecule has 1 amide bonds. The maximum atomic E-state index is 12.2. The minimum Gasteiger partial charge on any atom is -0.325 e. The highest BCUT2D eigenvalue weighted by Gasteiger charge is 2.14. The molecule has 4 rings (SSSR count). The van der Waals surface area contributed by atoms with Crippen molar-refractivity contribution in [1.82, 2.24) is 9.88 Å². The summed E-state index contributed by atoms with van der Waals surface area (Å²) in [7, 11) is 0. The number of hydrogen-bond acceptors (Lipinski definition) is 4. The fourth-order valence-electron chi connectivity index (χ4n) is 3.51. The van der Waals surface area contributed by atoms with E-state index < -0.39 is 0 Å². The SMILES string of the molecule is O=C(CN1CCCCC1)Nc1ccc(Sc2cc(=O)[nH]c3ccccc23)cc1. The Hall–Kier alpha value is -2.57. The highest BCUT2D eigenvalue weighted by atomic mass is 32.2. The number of nitrogens with zero attached hydrogens (tertiary/aromatic N) is 1. The fraction of sp³-hybridized carbons (Fsp3) is 0.273. The van der Waals surface area contributed by atoms with E-state index in [2.05, 4.69) is 15.2 Å². The molecule has 1 fully saturated rings. The van der Waals surface area contributed by atoms with Crippen LogP contribution in [-0.2, 0) is 4.79 Å². The van der Waals surface area contributed by atoms with Crippen LogP contribution in [0.15, 0.2) is 69.2 Å². The summed E-state index contributed by atoms with van der Waals surface area (Å²) in [6, 6.07) is 17.2. The first-order chi connectivity index (χ1) is 13.7. The molecule has 1 aromatic heterocycles. The number of likely N-dealkylation sites (tertiary alicyclic amines) is 1. The normalized spacial score (nSPS) is 14.9. The molecular weight excluding hydrogens is 370 g/mol. The van der Waals surface area contributed by atoms with Gasteiger partial charge >= 0.3 is 0 Å². The van der Waals surface area contributed by atoms with Crippen LogP contribution >= 0.6 is 11.8 Å². The lowest BCUT2D eigenvalue weighted by Crippen LogP contribution is -2.36. The summed E-state index contributed by atoms with van der Waals surface area (Å²) in [4.78, 5) is 31.2. The van der Waals surface area contributed by atoms with Gasteiger partial charge in [0.15, 0.2) is 0 Å². The molecule has 0 atom stereocenters. The van der Waals surface area contributed by atoms with Crippen LogP contribution in [0.4, 0.5) is 5.69 Å². The molecule has 2 aromatic carbocycles. The topological polar surface area (TPSA) is 65.2 Å². The number of carbonyl (C=O) groups excluding carboxylic acids is 1. The van der Waals surface area contributed by atoms with E-state index in [-0.39, 0.29) is 11.5 Å². The third kappa shape index (κ3) is 4.64. The average molecular weight is 394 g/mol. The Balaban J connectivity index is 1.42. The number of hydrogen-bond donors (Lipinski definition) is 2. The number of benzene rings is 2. The molecule has 0 spiro atoms. The molecule has 3 aromatic rings. The maximum absolute atomic E-state index is 12.2. The van der Waals surface area contributed by atoms with Crippen molar-refractivity contribution in [3.05, 3.63) is 65.0 Å². The van der Waals surface area contributed by atoms with E-state index >= 15 is 0 Å². The summed E-state index contributed by atoms with van der Waals surface area (Å²) in [5.74, 6) is 0.0305. The third-order valence-electron chi connectivity index (χ3n) is 4.89. The van der Waals surface area contributed by atoms with E-state index in [1.165, 1.54) is 19.3 Å². The van der Waals surface area contributed by atoms with Gasteiger partial charge in [0.1, 0.15) is 0 Å². The Kier molecular flexibility index (Phi) is 5.78. The van der Waals surface area contributed by atoms with Gasteiger partial charge < -0.3 is 10.3 Å². The highest BCUT2D eigenvalue weighted by molar-refractivity contribution is 7.99. The van der Waals surface area contributed by atoms with Gasteiger partial charge in [-0.15, -0.1) is 0 Å². The molecule has 1 aliphatic heterocycles. The lowest BCUT2D eigenvalue weighted by Gasteiger charge is -2.25. The second-order valence-electron chi connectivity index (χ2n) is 7.05. The van der Waals surface area contributed by atoms with E-state index in [0.717, 1.165) is 39.5 Å². The summed E-state index contributed by atoms with van der Waals surface area (Å²) < 4.78 is 0. The van der Waals surface area contributed by atoms with Crippen LogP contribution in [0.5, 0.6) is 0 Å². The number of rotatable bonds is 5. The number of aromatic nitrogens is 1. The predicted octanol–water partition coefficient (Wildman–Crippen LogP) is 4.10. The Labute approximate surface area is 168 Å². The zero-order valence-electron chi connectivity index (χ0n) is 15.6. The van der Waals surface area contributed by atoms with Crippen LogP contribution in [-0.4, -0.2) is 35.4 Å². The quantitative estimate of drug-likeness (QED) is 0.685. The minimum absolute atomic E-state index is 0.0305. The van der Waals surface area contributed by atoms with Crippen LogP contribution in [0.25, 0.3) is 10.9 Å². The van der Waals surface area contributed by atoms with Crippen LogP contribution in [0, 0.1) is 0 Å². The average Bonchev–Trinajstić information content (AvgIpc) is 2.70. The van der Waals surface area contributed by atoms with Crippen molar-refractivity contribution < 1.29 is 4.79 Å². The minimum atomic E-state index is -0.109. The number of amides is 1. The molecule has 0 aliphatic carbocycles. The van der Waals surface area contributed by atoms with Crippen LogP contribution in [0.1, 0.15) is 19.3 Å². The lowest BCUT2D eigenvalue weighted by atomic mass is 10.1. The number of carbonyl (C=O) groups is 1. The monoisotopic (exact) mass is 393 g/mol. The van der Waals surface area contributed by atoms with Gasteiger partial charge in [-0.25, -0.2) is 0 Å². The molecule has 0 bridgehead atoms. The van der Waals surface area contributed by atoms with Crippen LogP contribution in [0.3, 0.4) is 0 Å². The maximum Gasteiger partial charge on any atom is 0.249 e. The summed E-state index contributed by atoms with van der Waals surface area (Å²) in [6.45, 7) is 2.47. The number of pyridine rings is 1. The largest absolute Gasteiger partial charge is 0.325 e. The predicted molar refractivity (Wildman–Crippen MR) is 114 cm³/mol. The second kappa shape index (κ2) is 8.63. The standard InChI is InChI=1S/C22H23N3O2S/c26-21-14-20(18-6-2-3-7-19(18)24-21)28-17-10-8-16(9-11-17)23-22(27)15-25-12-4-1-5-13-25/h2-3,6-11,14H,1,4-5,12-13,15H2,(H,23,27)(H,24,26). The zero-order chi connectivity index (χ0) is 19.3. The van der Waals surface area contributed by atoms with Gasteiger partial charge in [-0.2, -0.15) is 0 Å². The first-order valence-electron chi connectivity index (χ1n) is 9.59. The summed E-state index contributed by atoms with van der Waals surface area (Å²) in [5, 5.41) is 3.99. The summed E-state index contributed by atoms with van der Waals surface area (Å²) >= 11 is 1.55. The number of aromatic amines is 1. The van der Waals surface area contributed by atoms with E-state index in [1.54, 1.807) is 17.8 Å². The summed E-state index contributed by atoms with van der Waals surface area (Å²) in [6.07, 6.45) is 3.62. The van der Waals surface area contributed by atoms with Crippen LogP contribution < -0.4 is 10.9 Å². The van der Waals surface area contributed by atoms with Crippen molar-refractivity contribution in [2.45, 2.75) is 29.1 Å². The van der Waals surface area contributed by atoms with E-state index in [1.807, 2.05) is 48.5 Å². The first-order valence-corrected chi connectivity index (χ1v) is 10.4. The molecule has 5 nitrogen and oxygen atoms in total. The molecule has 2 N–H and O–H groups in total. The van der Waals surface area contributed by atoms with Gasteiger partial charge in [0, 0.05) is 32.4 Å². The van der Waals surface area contributed by atoms with Crippen molar-refractivity contribution in [2.24, 2.45) is 0 Å².